The molecule has 0 bridgehead atoms. The smallest absolute Gasteiger partial charge is 0.141 e. The molecule has 0 aliphatic carbocycles. The molecule has 1 unspecified atom stereocenters. The van der Waals surface area contributed by atoms with E-state index in [4.69, 9.17) is 27.9 Å². The van der Waals surface area contributed by atoms with Gasteiger partial charge in [-0.3, -0.25) is 4.90 Å². The maximum absolute atomic E-state index is 10.0. The molecule has 1 aromatic carbocycles. The zero-order chi connectivity index (χ0) is 13.0. The van der Waals surface area contributed by atoms with E-state index < -0.39 is 6.23 Å². The summed E-state index contributed by atoms with van der Waals surface area (Å²) in [6, 6.07) is 5.09. The number of aliphatic hydroxyl groups excluding tert-OH is 1. The van der Waals surface area contributed by atoms with Crippen LogP contribution in [0.25, 0.3) is 0 Å². The molecule has 3 nitrogen and oxygen atoms in total. The number of likely N-dealkylation sites (tertiary alicyclic amines) is 1. The minimum atomic E-state index is -0.556. The monoisotopic (exact) mass is 289 g/mol. The third-order valence-electron chi connectivity index (χ3n) is 3.10. The molecule has 1 aliphatic heterocycles. The van der Waals surface area contributed by atoms with Crippen molar-refractivity contribution in [2.45, 2.75) is 25.5 Å². The molecule has 1 saturated heterocycles. The van der Waals surface area contributed by atoms with Gasteiger partial charge in [0.1, 0.15) is 18.6 Å². The van der Waals surface area contributed by atoms with Crippen LogP contribution >= 0.6 is 23.2 Å². The Labute approximate surface area is 117 Å². The molecule has 1 N–H and O–H groups in total. The fourth-order valence-electron chi connectivity index (χ4n) is 2.06. The molecule has 0 aromatic heterocycles. The van der Waals surface area contributed by atoms with E-state index in [1.54, 1.807) is 18.2 Å². The van der Waals surface area contributed by atoms with Gasteiger partial charge < -0.3 is 9.84 Å². The third kappa shape index (κ3) is 3.75. The highest BCUT2D eigenvalue weighted by molar-refractivity contribution is 6.42. The zero-order valence-electron chi connectivity index (χ0n) is 10.1. The summed E-state index contributed by atoms with van der Waals surface area (Å²) in [5, 5.41) is 11.0. The van der Waals surface area contributed by atoms with Crippen LogP contribution in [0.1, 0.15) is 19.3 Å². The standard InChI is InChI=1S/C13H17Cl2NO2/c14-11-5-4-10(8-12(11)15)18-9-13(17)16-6-2-1-3-7-16/h4-5,8,13,17H,1-3,6-7,9H2. The summed E-state index contributed by atoms with van der Waals surface area (Å²) in [6.45, 7) is 2.12. The average molecular weight is 290 g/mol. The van der Waals surface area contributed by atoms with Crippen molar-refractivity contribution in [3.63, 3.8) is 0 Å². The lowest BCUT2D eigenvalue weighted by Gasteiger charge is -2.30. The van der Waals surface area contributed by atoms with Crippen LogP contribution < -0.4 is 4.74 Å². The van der Waals surface area contributed by atoms with Crippen molar-refractivity contribution in [2.24, 2.45) is 0 Å². The molecule has 1 aromatic rings. The van der Waals surface area contributed by atoms with Crippen LogP contribution in [0.15, 0.2) is 18.2 Å². The van der Waals surface area contributed by atoms with E-state index in [0.29, 0.717) is 15.8 Å². The van der Waals surface area contributed by atoms with Gasteiger partial charge >= 0.3 is 0 Å². The minimum absolute atomic E-state index is 0.248. The highest BCUT2D eigenvalue weighted by atomic mass is 35.5. The van der Waals surface area contributed by atoms with Gasteiger partial charge in [0, 0.05) is 19.2 Å². The summed E-state index contributed by atoms with van der Waals surface area (Å²) in [4.78, 5) is 2.04. The number of halogens is 2. The highest BCUT2D eigenvalue weighted by Gasteiger charge is 2.18. The van der Waals surface area contributed by atoms with E-state index >= 15 is 0 Å². The lowest BCUT2D eigenvalue weighted by molar-refractivity contribution is -0.0365. The Morgan fingerprint density at radius 1 is 1.17 bits per heavy atom. The zero-order valence-corrected chi connectivity index (χ0v) is 11.6. The molecule has 1 fully saturated rings. The number of rotatable bonds is 4. The van der Waals surface area contributed by atoms with Gasteiger partial charge in [0.25, 0.3) is 0 Å². The molecule has 5 heteroatoms. The van der Waals surface area contributed by atoms with Crippen molar-refractivity contribution in [3.8, 4) is 5.75 Å². The first-order chi connectivity index (χ1) is 8.66. The van der Waals surface area contributed by atoms with E-state index in [1.807, 2.05) is 4.90 Å². The molecular weight excluding hydrogens is 273 g/mol. The third-order valence-corrected chi connectivity index (χ3v) is 3.84. The second-order valence-electron chi connectivity index (χ2n) is 4.46. The summed E-state index contributed by atoms with van der Waals surface area (Å²) < 4.78 is 5.52. The van der Waals surface area contributed by atoms with Gasteiger partial charge in [0.15, 0.2) is 0 Å². The first kappa shape index (κ1) is 13.9. The minimum Gasteiger partial charge on any atom is -0.489 e. The lowest BCUT2D eigenvalue weighted by atomic mass is 10.1. The molecule has 2 rings (SSSR count). The summed E-state index contributed by atoms with van der Waals surface area (Å²) >= 11 is 11.7. The fourth-order valence-corrected chi connectivity index (χ4v) is 2.35. The van der Waals surface area contributed by atoms with E-state index in [0.717, 1.165) is 25.9 Å². The van der Waals surface area contributed by atoms with Crippen molar-refractivity contribution in [1.82, 2.24) is 4.90 Å². The van der Waals surface area contributed by atoms with E-state index in [1.165, 1.54) is 6.42 Å². The largest absolute Gasteiger partial charge is 0.489 e. The van der Waals surface area contributed by atoms with E-state index in [9.17, 15) is 5.11 Å². The maximum atomic E-state index is 10.0. The quantitative estimate of drug-likeness (QED) is 0.924. The van der Waals surface area contributed by atoms with Gasteiger partial charge in [-0.2, -0.15) is 0 Å². The number of benzene rings is 1. The van der Waals surface area contributed by atoms with Gasteiger partial charge in [-0.1, -0.05) is 29.6 Å². The Hall–Kier alpha value is -0.480. The van der Waals surface area contributed by atoms with Crippen molar-refractivity contribution < 1.29 is 9.84 Å². The van der Waals surface area contributed by atoms with Crippen molar-refractivity contribution >= 4 is 23.2 Å². The van der Waals surface area contributed by atoms with E-state index in [-0.39, 0.29) is 6.61 Å². The summed E-state index contributed by atoms with van der Waals surface area (Å²) in [7, 11) is 0. The van der Waals surface area contributed by atoms with Crippen molar-refractivity contribution in [1.29, 1.82) is 0 Å². The molecule has 1 heterocycles. The van der Waals surface area contributed by atoms with Crippen LogP contribution in [0, 0.1) is 0 Å². The Morgan fingerprint density at radius 3 is 2.56 bits per heavy atom. The number of piperidine rings is 1. The number of nitrogens with zero attached hydrogens (tertiary/aromatic N) is 1. The van der Waals surface area contributed by atoms with Gasteiger partial charge in [-0.05, 0) is 25.0 Å². The second kappa shape index (κ2) is 6.62. The van der Waals surface area contributed by atoms with Crippen LogP contribution in [0.4, 0.5) is 0 Å². The number of hydrogen-bond acceptors (Lipinski definition) is 3. The average Bonchev–Trinajstić information content (AvgIpc) is 2.41. The van der Waals surface area contributed by atoms with E-state index in [2.05, 4.69) is 0 Å². The molecule has 18 heavy (non-hydrogen) atoms. The van der Waals surface area contributed by atoms with Crippen LogP contribution in [0.5, 0.6) is 5.75 Å². The number of ether oxygens (including phenoxy) is 1. The molecule has 0 saturated carbocycles. The predicted molar refractivity (Wildman–Crippen MR) is 73.4 cm³/mol. The van der Waals surface area contributed by atoms with Gasteiger partial charge in [-0.15, -0.1) is 0 Å². The van der Waals surface area contributed by atoms with Gasteiger partial charge in [0.05, 0.1) is 10.0 Å². The predicted octanol–water partition coefficient (Wildman–Crippen LogP) is 3.18. The summed E-state index contributed by atoms with van der Waals surface area (Å²) in [6.07, 6.45) is 2.98. The summed E-state index contributed by atoms with van der Waals surface area (Å²) in [5.74, 6) is 0.625. The highest BCUT2D eigenvalue weighted by Crippen LogP contribution is 2.26. The van der Waals surface area contributed by atoms with Gasteiger partial charge in [0.2, 0.25) is 0 Å². The normalized spacial score (nSPS) is 18.6. The molecule has 1 atom stereocenters. The van der Waals surface area contributed by atoms with Crippen LogP contribution in [0.3, 0.4) is 0 Å². The summed E-state index contributed by atoms with van der Waals surface area (Å²) in [5.41, 5.74) is 0. The van der Waals surface area contributed by atoms with Gasteiger partial charge in [-0.25, -0.2) is 0 Å². The Balaban J connectivity index is 1.84. The fraction of sp³-hybridized carbons (Fsp3) is 0.538. The molecule has 1 aliphatic rings. The Bertz CT molecular complexity index is 395. The van der Waals surface area contributed by atoms with Crippen LogP contribution in [-0.2, 0) is 0 Å². The Morgan fingerprint density at radius 2 is 1.89 bits per heavy atom. The number of aliphatic hydroxyl groups is 1. The number of hydrogen-bond donors (Lipinski definition) is 1. The maximum Gasteiger partial charge on any atom is 0.141 e. The first-order valence-electron chi connectivity index (χ1n) is 6.17. The van der Waals surface area contributed by atoms with Crippen molar-refractivity contribution in [2.75, 3.05) is 19.7 Å². The lowest BCUT2D eigenvalue weighted by Crippen LogP contribution is -2.42. The first-order valence-corrected chi connectivity index (χ1v) is 6.92. The SMILES string of the molecule is OC(COc1ccc(Cl)c(Cl)c1)N1CCCCC1. The molecule has 0 amide bonds. The van der Waals surface area contributed by atoms with Crippen LogP contribution in [-0.4, -0.2) is 35.9 Å². The van der Waals surface area contributed by atoms with Crippen LogP contribution in [0.2, 0.25) is 10.0 Å². The molecule has 0 spiro atoms. The Kier molecular flexibility index (Phi) is 5.13. The molecular formula is C13H17Cl2NO2. The second-order valence-corrected chi connectivity index (χ2v) is 5.28. The molecule has 100 valence electrons. The van der Waals surface area contributed by atoms with Crippen molar-refractivity contribution in [3.05, 3.63) is 28.2 Å². The topological polar surface area (TPSA) is 32.7 Å². The molecule has 0 radical (unpaired) electrons.